The van der Waals surface area contributed by atoms with Gasteiger partial charge in [0.1, 0.15) is 0 Å². The smallest absolute Gasteiger partial charge is 0.170 e. The molecule has 0 fully saturated rings. The fourth-order valence-electron chi connectivity index (χ4n) is 2.44. The van der Waals surface area contributed by atoms with Crippen LogP contribution in [-0.4, -0.2) is 25.8 Å². The Hall–Kier alpha value is -2.27. The van der Waals surface area contributed by atoms with E-state index in [1.807, 2.05) is 24.3 Å². The van der Waals surface area contributed by atoms with Gasteiger partial charge in [-0.3, -0.25) is 0 Å². The molecule has 0 saturated heterocycles. The minimum Gasteiger partial charge on any atom is -0.399 e. The van der Waals surface area contributed by atoms with E-state index in [-0.39, 0.29) is 0 Å². The second-order valence-corrected chi connectivity index (χ2v) is 6.18. The molecule has 2 rings (SSSR count). The van der Waals surface area contributed by atoms with Crippen molar-refractivity contribution < 1.29 is 0 Å². The van der Waals surface area contributed by atoms with Crippen molar-refractivity contribution in [2.75, 3.05) is 36.6 Å². The summed E-state index contributed by atoms with van der Waals surface area (Å²) >= 11 is 5.30. The molecule has 5 heteroatoms. The predicted molar refractivity (Wildman–Crippen MR) is 104 cm³/mol. The standard InChI is InChI=1S/C18H24N4S/c1-13-12-14(4-9-17(13)22(2)3)10-11-20-18(23)21-16-7-5-15(19)6-8-16/h4-9,12H,10-11,19H2,1-3H3,(H2,20,21,23). The summed E-state index contributed by atoms with van der Waals surface area (Å²) in [5, 5.41) is 7.00. The lowest BCUT2D eigenvalue weighted by Gasteiger charge is -2.16. The lowest BCUT2D eigenvalue weighted by Crippen LogP contribution is -2.30. The number of nitrogens with two attached hydrogens (primary N) is 1. The van der Waals surface area contributed by atoms with Crippen molar-refractivity contribution in [1.29, 1.82) is 0 Å². The number of nitrogen functional groups attached to an aromatic ring is 1. The minimum absolute atomic E-state index is 0.622. The van der Waals surface area contributed by atoms with E-state index in [4.69, 9.17) is 18.0 Å². The largest absolute Gasteiger partial charge is 0.399 e. The number of hydrogen-bond donors (Lipinski definition) is 3. The SMILES string of the molecule is Cc1cc(CCNC(=S)Nc2ccc(N)cc2)ccc1N(C)C. The monoisotopic (exact) mass is 328 g/mol. The van der Waals surface area contributed by atoms with Gasteiger partial charge in [-0.1, -0.05) is 12.1 Å². The Morgan fingerprint density at radius 1 is 1.13 bits per heavy atom. The van der Waals surface area contributed by atoms with Crippen molar-refractivity contribution in [1.82, 2.24) is 5.32 Å². The Kier molecular flexibility index (Phi) is 5.82. The summed E-state index contributed by atoms with van der Waals surface area (Å²) < 4.78 is 0. The van der Waals surface area contributed by atoms with Crippen molar-refractivity contribution >= 4 is 34.4 Å². The van der Waals surface area contributed by atoms with Crippen LogP contribution in [0.3, 0.4) is 0 Å². The molecule has 23 heavy (non-hydrogen) atoms. The molecule has 0 aliphatic rings. The maximum atomic E-state index is 5.66. The van der Waals surface area contributed by atoms with Crippen LogP contribution in [-0.2, 0) is 6.42 Å². The molecule has 0 aromatic heterocycles. The fraction of sp³-hybridized carbons (Fsp3) is 0.278. The maximum absolute atomic E-state index is 5.66. The van der Waals surface area contributed by atoms with Crippen LogP contribution in [0.4, 0.5) is 17.1 Å². The summed E-state index contributed by atoms with van der Waals surface area (Å²) in [4.78, 5) is 2.13. The number of aryl methyl sites for hydroxylation is 1. The highest BCUT2D eigenvalue weighted by Gasteiger charge is 2.03. The molecular weight excluding hydrogens is 304 g/mol. The van der Waals surface area contributed by atoms with Crippen molar-refractivity contribution in [3.05, 3.63) is 53.6 Å². The molecule has 0 bridgehead atoms. The second kappa shape index (κ2) is 7.83. The van der Waals surface area contributed by atoms with Gasteiger partial charge in [0.05, 0.1) is 0 Å². The number of nitrogens with zero attached hydrogens (tertiary/aromatic N) is 1. The Morgan fingerprint density at radius 2 is 1.83 bits per heavy atom. The third-order valence-corrected chi connectivity index (χ3v) is 3.86. The first-order valence-corrected chi connectivity index (χ1v) is 8.04. The average Bonchev–Trinajstić information content (AvgIpc) is 2.49. The van der Waals surface area contributed by atoms with Crippen LogP contribution in [0.2, 0.25) is 0 Å². The normalized spacial score (nSPS) is 10.2. The number of rotatable bonds is 5. The molecule has 2 aromatic rings. The van der Waals surface area contributed by atoms with Crippen LogP contribution in [0.1, 0.15) is 11.1 Å². The van der Waals surface area contributed by atoms with Crippen molar-refractivity contribution in [3.63, 3.8) is 0 Å². The van der Waals surface area contributed by atoms with E-state index in [1.54, 1.807) is 0 Å². The zero-order valence-corrected chi connectivity index (χ0v) is 14.7. The van der Waals surface area contributed by atoms with Gasteiger partial charge >= 0.3 is 0 Å². The van der Waals surface area contributed by atoms with E-state index in [9.17, 15) is 0 Å². The van der Waals surface area contributed by atoms with Gasteiger partial charge in [0.25, 0.3) is 0 Å². The van der Waals surface area contributed by atoms with Crippen LogP contribution >= 0.6 is 12.2 Å². The first kappa shape index (κ1) is 17.1. The number of nitrogens with one attached hydrogen (secondary N) is 2. The van der Waals surface area contributed by atoms with Gasteiger partial charge in [0, 0.05) is 37.7 Å². The van der Waals surface area contributed by atoms with Crippen molar-refractivity contribution in [3.8, 4) is 0 Å². The number of benzene rings is 2. The van der Waals surface area contributed by atoms with Crippen molar-refractivity contribution in [2.45, 2.75) is 13.3 Å². The Bertz CT molecular complexity index is 665. The molecule has 0 saturated carbocycles. The Labute approximate surface area is 143 Å². The molecule has 0 spiro atoms. The van der Waals surface area contributed by atoms with Gasteiger partial charge in [0.2, 0.25) is 0 Å². The molecular formula is C18H24N4S. The summed E-state index contributed by atoms with van der Waals surface area (Å²) in [5.41, 5.74) is 11.2. The number of anilines is 3. The quantitative estimate of drug-likeness (QED) is 0.581. The molecule has 0 amide bonds. The minimum atomic E-state index is 0.622. The van der Waals surface area contributed by atoms with E-state index >= 15 is 0 Å². The highest BCUT2D eigenvalue weighted by Crippen LogP contribution is 2.19. The molecule has 0 radical (unpaired) electrons. The van der Waals surface area contributed by atoms with Gasteiger partial charge in [-0.05, 0) is 67.0 Å². The highest BCUT2D eigenvalue weighted by atomic mass is 32.1. The van der Waals surface area contributed by atoms with Crippen LogP contribution < -0.4 is 21.3 Å². The van der Waals surface area contributed by atoms with E-state index in [2.05, 4.69) is 54.8 Å². The zero-order chi connectivity index (χ0) is 16.8. The van der Waals surface area contributed by atoms with Crippen molar-refractivity contribution in [2.24, 2.45) is 0 Å². The molecule has 4 N–H and O–H groups in total. The molecule has 0 atom stereocenters. The molecule has 4 nitrogen and oxygen atoms in total. The molecule has 0 unspecified atom stereocenters. The first-order valence-electron chi connectivity index (χ1n) is 7.63. The maximum Gasteiger partial charge on any atom is 0.170 e. The van der Waals surface area contributed by atoms with Gasteiger partial charge in [-0.15, -0.1) is 0 Å². The fourth-order valence-corrected chi connectivity index (χ4v) is 2.66. The summed E-state index contributed by atoms with van der Waals surface area (Å²) in [6, 6.07) is 14.1. The lowest BCUT2D eigenvalue weighted by molar-refractivity contribution is 0.872. The van der Waals surface area contributed by atoms with Gasteiger partial charge in [-0.2, -0.15) is 0 Å². The lowest BCUT2D eigenvalue weighted by atomic mass is 10.1. The third-order valence-electron chi connectivity index (χ3n) is 3.61. The summed E-state index contributed by atoms with van der Waals surface area (Å²) in [6.45, 7) is 2.93. The zero-order valence-electron chi connectivity index (χ0n) is 13.9. The van der Waals surface area contributed by atoms with E-state index in [0.717, 1.165) is 24.3 Å². The molecule has 0 heterocycles. The van der Waals surface area contributed by atoms with Crippen LogP contribution in [0, 0.1) is 6.92 Å². The topological polar surface area (TPSA) is 53.3 Å². The summed E-state index contributed by atoms with van der Waals surface area (Å²) in [6.07, 6.45) is 0.929. The van der Waals surface area contributed by atoms with Gasteiger partial charge in [-0.25, -0.2) is 0 Å². The Balaban J connectivity index is 1.81. The predicted octanol–water partition coefficient (Wildman–Crippen LogP) is 3.17. The molecule has 122 valence electrons. The van der Waals surface area contributed by atoms with Gasteiger partial charge in [0.15, 0.2) is 5.11 Å². The van der Waals surface area contributed by atoms with E-state index in [1.165, 1.54) is 16.8 Å². The molecule has 0 aliphatic carbocycles. The van der Waals surface area contributed by atoms with Crippen LogP contribution in [0.5, 0.6) is 0 Å². The first-order chi connectivity index (χ1) is 11.0. The second-order valence-electron chi connectivity index (χ2n) is 5.77. The van der Waals surface area contributed by atoms with E-state index < -0.39 is 0 Å². The summed E-state index contributed by atoms with van der Waals surface area (Å²) in [7, 11) is 4.12. The number of hydrogen-bond acceptors (Lipinski definition) is 3. The summed E-state index contributed by atoms with van der Waals surface area (Å²) in [5.74, 6) is 0. The Morgan fingerprint density at radius 3 is 2.43 bits per heavy atom. The average molecular weight is 328 g/mol. The van der Waals surface area contributed by atoms with Crippen LogP contribution in [0.25, 0.3) is 0 Å². The number of thiocarbonyl (C=S) groups is 1. The van der Waals surface area contributed by atoms with E-state index in [0.29, 0.717) is 5.11 Å². The third kappa shape index (κ3) is 5.14. The molecule has 0 aliphatic heterocycles. The van der Waals surface area contributed by atoms with Gasteiger partial charge < -0.3 is 21.3 Å². The molecule has 2 aromatic carbocycles. The van der Waals surface area contributed by atoms with Crippen LogP contribution in [0.15, 0.2) is 42.5 Å². The highest BCUT2D eigenvalue weighted by molar-refractivity contribution is 7.80.